The number of nitrogens with one attached hydrogen (secondary N) is 1. The molecule has 0 radical (unpaired) electrons. The number of methoxy groups -OCH3 is 1. The number of rotatable bonds is 9. The fourth-order valence-corrected chi connectivity index (χ4v) is 5.01. The van der Waals surface area contributed by atoms with E-state index >= 15 is 0 Å². The molecule has 0 aromatic heterocycles. The first-order valence-corrected chi connectivity index (χ1v) is 13.5. The standard InChI is InChI=1S/C28H35N3O5S/c1-20(27(33)29-28(2,3)4)31(18-21-11-14-24(36-6)15-12-21)26(32)19-30(5)37(34,35)25-16-13-22-9-7-8-10-23(22)17-25/h7-17,20H,18-19H2,1-6H3,(H,29,33). The molecule has 3 aromatic rings. The van der Waals surface area contributed by atoms with Gasteiger partial charge >= 0.3 is 0 Å². The molecule has 0 aliphatic heterocycles. The number of hydrogen-bond donors (Lipinski definition) is 1. The van der Waals surface area contributed by atoms with Gasteiger partial charge in [0, 0.05) is 19.1 Å². The lowest BCUT2D eigenvalue weighted by Crippen LogP contribution is -2.54. The van der Waals surface area contributed by atoms with Crippen LogP contribution in [0.3, 0.4) is 0 Å². The van der Waals surface area contributed by atoms with E-state index in [-0.39, 0.29) is 17.3 Å². The topological polar surface area (TPSA) is 96.0 Å². The summed E-state index contributed by atoms with van der Waals surface area (Å²) in [5, 5.41) is 4.61. The summed E-state index contributed by atoms with van der Waals surface area (Å²) < 4.78 is 32.9. The van der Waals surface area contributed by atoms with E-state index in [1.165, 1.54) is 18.0 Å². The monoisotopic (exact) mass is 525 g/mol. The van der Waals surface area contributed by atoms with Crippen LogP contribution in [0.2, 0.25) is 0 Å². The van der Waals surface area contributed by atoms with Gasteiger partial charge in [-0.15, -0.1) is 0 Å². The molecular formula is C28H35N3O5S. The van der Waals surface area contributed by atoms with E-state index in [1.54, 1.807) is 38.3 Å². The molecule has 0 aliphatic carbocycles. The third-order valence-corrected chi connectivity index (χ3v) is 7.76. The number of ether oxygens (including phenoxy) is 1. The number of nitrogens with zero attached hydrogens (tertiary/aromatic N) is 2. The van der Waals surface area contributed by atoms with Gasteiger partial charge in [0.2, 0.25) is 21.8 Å². The highest BCUT2D eigenvalue weighted by Crippen LogP contribution is 2.22. The van der Waals surface area contributed by atoms with Crippen molar-refractivity contribution in [2.45, 2.75) is 50.7 Å². The van der Waals surface area contributed by atoms with Crippen molar-refractivity contribution in [3.63, 3.8) is 0 Å². The van der Waals surface area contributed by atoms with E-state index in [4.69, 9.17) is 4.74 Å². The Morgan fingerprint density at radius 2 is 1.59 bits per heavy atom. The highest BCUT2D eigenvalue weighted by molar-refractivity contribution is 7.89. The second-order valence-electron chi connectivity index (χ2n) is 10.1. The Balaban J connectivity index is 1.85. The minimum absolute atomic E-state index is 0.0988. The fraction of sp³-hybridized carbons (Fsp3) is 0.357. The molecular weight excluding hydrogens is 490 g/mol. The van der Waals surface area contributed by atoms with E-state index in [2.05, 4.69) is 5.32 Å². The third-order valence-electron chi connectivity index (χ3n) is 5.96. The predicted octanol–water partition coefficient (Wildman–Crippen LogP) is 3.80. The average molecular weight is 526 g/mol. The zero-order valence-corrected chi connectivity index (χ0v) is 23.0. The number of fused-ring (bicyclic) bond motifs is 1. The Labute approximate surface area is 219 Å². The normalized spacial score (nSPS) is 12.8. The lowest BCUT2D eigenvalue weighted by atomic mass is 10.1. The molecule has 1 N–H and O–H groups in total. The van der Waals surface area contributed by atoms with Crippen molar-refractivity contribution in [1.82, 2.24) is 14.5 Å². The van der Waals surface area contributed by atoms with Crippen LogP contribution in [-0.2, 0) is 26.2 Å². The van der Waals surface area contributed by atoms with Gasteiger partial charge in [0.25, 0.3) is 0 Å². The maximum Gasteiger partial charge on any atom is 0.243 e. The molecule has 3 rings (SSSR count). The summed E-state index contributed by atoms with van der Waals surface area (Å²) in [5.41, 5.74) is 0.292. The van der Waals surface area contributed by atoms with E-state index < -0.39 is 34.1 Å². The molecule has 8 nitrogen and oxygen atoms in total. The number of carbonyl (C=O) groups excluding carboxylic acids is 2. The van der Waals surface area contributed by atoms with Crippen LogP contribution in [0.15, 0.2) is 71.6 Å². The zero-order chi connectivity index (χ0) is 27.4. The minimum atomic E-state index is -3.95. The van der Waals surface area contributed by atoms with Crippen molar-refractivity contribution in [3.8, 4) is 5.75 Å². The van der Waals surface area contributed by atoms with Crippen LogP contribution in [0.25, 0.3) is 10.8 Å². The van der Waals surface area contributed by atoms with Crippen molar-refractivity contribution in [2.24, 2.45) is 0 Å². The maximum atomic E-state index is 13.5. The van der Waals surface area contributed by atoms with Gasteiger partial charge in [-0.1, -0.05) is 42.5 Å². The summed E-state index contributed by atoms with van der Waals surface area (Å²) in [6.45, 7) is 6.93. The summed E-state index contributed by atoms with van der Waals surface area (Å²) in [6, 6.07) is 18.7. The second-order valence-corrected chi connectivity index (χ2v) is 12.1. The SMILES string of the molecule is COc1ccc(CN(C(=O)CN(C)S(=O)(=O)c2ccc3ccccc3c2)C(C)C(=O)NC(C)(C)C)cc1. The molecule has 3 aromatic carbocycles. The lowest BCUT2D eigenvalue weighted by molar-refractivity contribution is -0.141. The van der Waals surface area contributed by atoms with Crippen molar-refractivity contribution in [3.05, 3.63) is 72.3 Å². The Hall–Kier alpha value is -3.43. The first-order valence-electron chi connectivity index (χ1n) is 12.0. The molecule has 1 atom stereocenters. The summed E-state index contributed by atoms with van der Waals surface area (Å²) >= 11 is 0. The zero-order valence-electron chi connectivity index (χ0n) is 22.2. The molecule has 0 spiro atoms. The number of benzene rings is 3. The number of hydrogen-bond acceptors (Lipinski definition) is 5. The molecule has 37 heavy (non-hydrogen) atoms. The smallest absolute Gasteiger partial charge is 0.243 e. The van der Waals surface area contributed by atoms with Crippen LogP contribution < -0.4 is 10.1 Å². The molecule has 0 heterocycles. The van der Waals surface area contributed by atoms with Crippen LogP contribution >= 0.6 is 0 Å². The molecule has 0 fully saturated rings. The van der Waals surface area contributed by atoms with E-state index in [0.29, 0.717) is 5.75 Å². The van der Waals surface area contributed by atoms with Crippen LogP contribution in [-0.4, -0.2) is 61.7 Å². The molecule has 2 amide bonds. The first-order chi connectivity index (χ1) is 17.3. The fourth-order valence-electron chi connectivity index (χ4n) is 3.86. The van der Waals surface area contributed by atoms with Gasteiger partial charge in [-0.3, -0.25) is 9.59 Å². The number of likely N-dealkylation sites (N-methyl/N-ethyl adjacent to an activating group) is 1. The van der Waals surface area contributed by atoms with Gasteiger partial charge in [-0.25, -0.2) is 8.42 Å². The molecule has 0 saturated carbocycles. The van der Waals surface area contributed by atoms with Crippen LogP contribution in [0.4, 0.5) is 0 Å². The molecule has 1 unspecified atom stereocenters. The largest absolute Gasteiger partial charge is 0.497 e. The van der Waals surface area contributed by atoms with Crippen molar-refractivity contribution in [1.29, 1.82) is 0 Å². The first kappa shape index (κ1) is 28.1. The van der Waals surface area contributed by atoms with E-state index in [9.17, 15) is 18.0 Å². The van der Waals surface area contributed by atoms with Crippen molar-refractivity contribution < 1.29 is 22.7 Å². The summed E-state index contributed by atoms with van der Waals surface area (Å²) in [4.78, 5) is 28.0. The number of carbonyl (C=O) groups is 2. The van der Waals surface area contributed by atoms with Gasteiger partial charge in [0.15, 0.2) is 0 Å². The molecule has 0 saturated heterocycles. The second kappa shape index (κ2) is 11.3. The van der Waals surface area contributed by atoms with Gasteiger partial charge in [-0.2, -0.15) is 4.31 Å². The summed E-state index contributed by atoms with van der Waals surface area (Å²) in [5.74, 6) is -0.144. The Bertz CT molecular complexity index is 1360. The van der Waals surface area contributed by atoms with Crippen LogP contribution in [0.1, 0.15) is 33.3 Å². The van der Waals surface area contributed by atoms with E-state index in [0.717, 1.165) is 20.6 Å². The molecule has 0 aliphatic rings. The van der Waals surface area contributed by atoms with Gasteiger partial charge < -0.3 is 15.0 Å². The lowest BCUT2D eigenvalue weighted by Gasteiger charge is -2.32. The van der Waals surface area contributed by atoms with Crippen LogP contribution in [0, 0.1) is 0 Å². The van der Waals surface area contributed by atoms with Crippen molar-refractivity contribution >= 4 is 32.6 Å². The van der Waals surface area contributed by atoms with E-state index in [1.807, 2.05) is 57.2 Å². The van der Waals surface area contributed by atoms with Gasteiger partial charge in [0.05, 0.1) is 18.6 Å². The van der Waals surface area contributed by atoms with Crippen LogP contribution in [0.5, 0.6) is 5.75 Å². The highest BCUT2D eigenvalue weighted by Gasteiger charge is 2.31. The third kappa shape index (κ3) is 7.08. The summed E-state index contributed by atoms with van der Waals surface area (Å²) in [7, 11) is -1.01. The molecule has 9 heteroatoms. The van der Waals surface area contributed by atoms with Gasteiger partial charge in [-0.05, 0) is 68.3 Å². The maximum absolute atomic E-state index is 13.5. The Morgan fingerprint density at radius 3 is 2.19 bits per heavy atom. The molecule has 0 bridgehead atoms. The summed E-state index contributed by atoms with van der Waals surface area (Å²) in [6.07, 6.45) is 0. The predicted molar refractivity (Wildman–Crippen MR) is 145 cm³/mol. The molecule has 198 valence electrons. The average Bonchev–Trinajstić information content (AvgIpc) is 2.85. The Kier molecular flexibility index (Phi) is 8.60. The quantitative estimate of drug-likeness (QED) is 0.459. The number of sulfonamides is 1. The van der Waals surface area contributed by atoms with Crippen molar-refractivity contribution in [2.75, 3.05) is 20.7 Å². The minimum Gasteiger partial charge on any atom is -0.497 e. The number of amides is 2. The van der Waals surface area contributed by atoms with Gasteiger partial charge in [0.1, 0.15) is 11.8 Å². The Morgan fingerprint density at radius 1 is 0.973 bits per heavy atom. The highest BCUT2D eigenvalue weighted by atomic mass is 32.2.